The maximum absolute atomic E-state index is 12.6. The predicted molar refractivity (Wildman–Crippen MR) is 91.6 cm³/mol. The van der Waals surface area contributed by atoms with Crippen molar-refractivity contribution in [2.24, 2.45) is 5.92 Å². The minimum Gasteiger partial charge on any atom is -0.377 e. The van der Waals surface area contributed by atoms with E-state index in [4.69, 9.17) is 9.26 Å². The Morgan fingerprint density at radius 3 is 2.79 bits per heavy atom. The molecule has 1 saturated heterocycles. The monoisotopic (exact) mass is 326 g/mol. The van der Waals surface area contributed by atoms with Crippen LogP contribution >= 0.6 is 0 Å². The predicted octanol–water partition coefficient (Wildman–Crippen LogP) is 3.40. The van der Waals surface area contributed by atoms with Crippen molar-refractivity contribution in [3.63, 3.8) is 0 Å². The van der Waals surface area contributed by atoms with Crippen LogP contribution in [-0.4, -0.2) is 42.3 Å². The summed E-state index contributed by atoms with van der Waals surface area (Å²) < 4.78 is 10.8. The summed E-state index contributed by atoms with van der Waals surface area (Å²) in [5.41, 5.74) is 1.29. The highest BCUT2D eigenvalue weighted by Gasteiger charge is 2.25. The molecular weight excluding hydrogens is 304 g/mol. The normalized spacial score (nSPS) is 15.4. The summed E-state index contributed by atoms with van der Waals surface area (Å²) in [6.45, 7) is 6.42. The topological polar surface area (TPSA) is 55.6 Å². The van der Waals surface area contributed by atoms with E-state index in [-0.39, 0.29) is 5.91 Å². The van der Waals surface area contributed by atoms with E-state index in [0.29, 0.717) is 24.0 Å². The number of benzene rings is 1. The first-order valence-corrected chi connectivity index (χ1v) is 8.28. The number of amides is 1. The second-order valence-electron chi connectivity index (χ2n) is 6.00. The van der Waals surface area contributed by atoms with Gasteiger partial charge in [-0.3, -0.25) is 4.79 Å². The summed E-state index contributed by atoms with van der Waals surface area (Å²) in [5.74, 6) is 1.06. The van der Waals surface area contributed by atoms with Crippen LogP contribution < -0.4 is 0 Å². The molecule has 1 aromatic heterocycles. The molecule has 5 nitrogen and oxygen atoms in total. The summed E-state index contributed by atoms with van der Waals surface area (Å²) in [6.07, 6.45) is 3.66. The number of ether oxygens (including phenoxy) is 1. The van der Waals surface area contributed by atoms with Gasteiger partial charge in [0.2, 0.25) is 0 Å². The highest BCUT2D eigenvalue weighted by Crippen LogP contribution is 2.23. The molecule has 0 N–H and O–H groups in total. The van der Waals surface area contributed by atoms with Gasteiger partial charge in [-0.25, -0.2) is 0 Å². The third-order valence-corrected chi connectivity index (χ3v) is 4.28. The first kappa shape index (κ1) is 16.5. The molecule has 0 unspecified atom stereocenters. The van der Waals surface area contributed by atoms with Crippen LogP contribution in [0.4, 0.5) is 0 Å². The lowest BCUT2D eigenvalue weighted by Crippen LogP contribution is -2.39. The number of rotatable bonds is 6. The fraction of sp³-hybridized carbons (Fsp3) is 0.368. The Labute approximate surface area is 141 Å². The molecule has 1 fully saturated rings. The van der Waals surface area contributed by atoms with E-state index in [9.17, 15) is 4.79 Å². The molecule has 1 amide bonds. The van der Waals surface area contributed by atoms with Crippen LogP contribution in [0, 0.1) is 5.92 Å². The van der Waals surface area contributed by atoms with E-state index in [0.717, 1.165) is 38.1 Å². The van der Waals surface area contributed by atoms with Crippen molar-refractivity contribution in [3.05, 3.63) is 54.7 Å². The number of hydrogen-bond donors (Lipinski definition) is 0. The highest BCUT2D eigenvalue weighted by atomic mass is 16.5. The van der Waals surface area contributed by atoms with Gasteiger partial charge in [-0.2, -0.15) is 0 Å². The van der Waals surface area contributed by atoms with Gasteiger partial charge in [-0.1, -0.05) is 41.6 Å². The maximum atomic E-state index is 12.6. The Hall–Kier alpha value is -2.40. The number of carbonyl (C=O) groups is 1. The van der Waals surface area contributed by atoms with Gasteiger partial charge in [0.05, 0.1) is 6.61 Å². The van der Waals surface area contributed by atoms with Crippen molar-refractivity contribution < 1.29 is 14.1 Å². The smallest absolute Gasteiger partial charge is 0.276 e. The van der Waals surface area contributed by atoms with Crippen LogP contribution in [0.3, 0.4) is 0 Å². The van der Waals surface area contributed by atoms with Crippen LogP contribution in [0.5, 0.6) is 0 Å². The number of likely N-dealkylation sites (tertiary alicyclic amines) is 1. The third kappa shape index (κ3) is 3.92. The van der Waals surface area contributed by atoms with Gasteiger partial charge in [0.15, 0.2) is 11.5 Å². The van der Waals surface area contributed by atoms with E-state index < -0.39 is 0 Å². The van der Waals surface area contributed by atoms with Crippen molar-refractivity contribution in [1.29, 1.82) is 0 Å². The van der Waals surface area contributed by atoms with Crippen molar-refractivity contribution in [2.75, 3.05) is 26.3 Å². The number of carbonyl (C=O) groups excluding carboxylic acids is 1. The lowest BCUT2D eigenvalue weighted by Gasteiger charge is -2.31. The summed E-state index contributed by atoms with van der Waals surface area (Å²) in [5, 5.41) is 3.95. The van der Waals surface area contributed by atoms with E-state index in [2.05, 4.69) is 11.7 Å². The second-order valence-corrected chi connectivity index (χ2v) is 6.00. The zero-order valence-corrected chi connectivity index (χ0v) is 13.7. The standard InChI is InChI=1S/C19H22N2O3/c1-2-12-23-14-15-8-10-21(11-9-15)19(22)17-13-18(24-20-17)16-6-4-3-5-7-16/h2-7,13,15H,1,8-12,14H2. The lowest BCUT2D eigenvalue weighted by molar-refractivity contribution is 0.0567. The largest absolute Gasteiger partial charge is 0.377 e. The molecule has 3 rings (SSSR count). The molecule has 0 atom stereocenters. The van der Waals surface area contributed by atoms with Crippen LogP contribution in [0.2, 0.25) is 0 Å². The first-order valence-electron chi connectivity index (χ1n) is 8.28. The molecule has 2 heterocycles. The fourth-order valence-corrected chi connectivity index (χ4v) is 2.90. The molecule has 126 valence electrons. The Morgan fingerprint density at radius 1 is 1.33 bits per heavy atom. The van der Waals surface area contributed by atoms with Crippen LogP contribution in [0.15, 0.2) is 53.6 Å². The number of hydrogen-bond acceptors (Lipinski definition) is 4. The fourth-order valence-electron chi connectivity index (χ4n) is 2.90. The third-order valence-electron chi connectivity index (χ3n) is 4.28. The molecule has 24 heavy (non-hydrogen) atoms. The number of nitrogens with zero attached hydrogens (tertiary/aromatic N) is 2. The van der Waals surface area contributed by atoms with Gasteiger partial charge >= 0.3 is 0 Å². The molecule has 0 saturated carbocycles. The van der Waals surface area contributed by atoms with Gasteiger partial charge in [0, 0.05) is 31.3 Å². The van der Waals surface area contributed by atoms with Crippen molar-refractivity contribution in [2.45, 2.75) is 12.8 Å². The molecule has 0 radical (unpaired) electrons. The molecule has 0 bridgehead atoms. The first-order chi connectivity index (χ1) is 11.8. The van der Waals surface area contributed by atoms with E-state index in [1.165, 1.54) is 0 Å². The van der Waals surface area contributed by atoms with Crippen molar-refractivity contribution in [3.8, 4) is 11.3 Å². The van der Waals surface area contributed by atoms with Crippen LogP contribution in [-0.2, 0) is 4.74 Å². The summed E-state index contributed by atoms with van der Waals surface area (Å²) in [7, 11) is 0. The SMILES string of the molecule is C=CCOCC1CCN(C(=O)c2cc(-c3ccccc3)on2)CC1. The Kier molecular flexibility index (Phi) is 5.43. The van der Waals surface area contributed by atoms with Gasteiger partial charge < -0.3 is 14.2 Å². The Bertz CT molecular complexity index is 673. The molecular formula is C19H22N2O3. The average Bonchev–Trinajstić information content (AvgIpc) is 3.13. The average molecular weight is 326 g/mol. The Balaban J connectivity index is 1.56. The van der Waals surface area contributed by atoms with E-state index in [1.54, 1.807) is 12.1 Å². The van der Waals surface area contributed by atoms with Gasteiger partial charge in [0.1, 0.15) is 0 Å². The van der Waals surface area contributed by atoms with Crippen molar-refractivity contribution in [1.82, 2.24) is 10.1 Å². The van der Waals surface area contributed by atoms with Gasteiger partial charge in [0.25, 0.3) is 5.91 Å². The zero-order valence-electron chi connectivity index (χ0n) is 13.7. The zero-order chi connectivity index (χ0) is 16.8. The molecule has 5 heteroatoms. The molecule has 1 aliphatic rings. The van der Waals surface area contributed by atoms with Gasteiger partial charge in [-0.15, -0.1) is 6.58 Å². The molecule has 1 aromatic carbocycles. The number of piperidine rings is 1. The quantitative estimate of drug-likeness (QED) is 0.603. The van der Waals surface area contributed by atoms with Gasteiger partial charge in [-0.05, 0) is 18.8 Å². The molecule has 2 aromatic rings. The lowest BCUT2D eigenvalue weighted by atomic mass is 9.97. The molecule has 0 aliphatic carbocycles. The van der Waals surface area contributed by atoms with E-state index >= 15 is 0 Å². The summed E-state index contributed by atoms with van der Waals surface area (Å²) in [4.78, 5) is 14.4. The van der Waals surface area contributed by atoms with E-state index in [1.807, 2.05) is 35.2 Å². The van der Waals surface area contributed by atoms with Crippen LogP contribution in [0.25, 0.3) is 11.3 Å². The van der Waals surface area contributed by atoms with Crippen molar-refractivity contribution >= 4 is 5.91 Å². The maximum Gasteiger partial charge on any atom is 0.276 e. The highest BCUT2D eigenvalue weighted by molar-refractivity contribution is 5.93. The Morgan fingerprint density at radius 2 is 2.08 bits per heavy atom. The van der Waals surface area contributed by atoms with Crippen LogP contribution in [0.1, 0.15) is 23.3 Å². The minimum absolute atomic E-state index is 0.0635. The number of aromatic nitrogens is 1. The summed E-state index contributed by atoms with van der Waals surface area (Å²) in [6, 6.07) is 11.4. The molecule has 1 aliphatic heterocycles. The summed E-state index contributed by atoms with van der Waals surface area (Å²) >= 11 is 0. The second kappa shape index (κ2) is 7.93. The minimum atomic E-state index is -0.0635. The molecule has 0 spiro atoms.